The molecule has 0 aliphatic rings. The topological polar surface area (TPSA) is 303 Å². The second kappa shape index (κ2) is 33.7. The summed E-state index contributed by atoms with van der Waals surface area (Å²) in [5, 5.41) is 70.6. The molecule has 5 rings (SSSR count). The van der Waals surface area contributed by atoms with E-state index in [0.29, 0.717) is 12.9 Å². The third-order valence-electron chi connectivity index (χ3n) is 9.23. The summed E-state index contributed by atoms with van der Waals surface area (Å²) in [6.07, 6.45) is -4.23. The summed E-state index contributed by atoms with van der Waals surface area (Å²) in [6, 6.07) is 21.1. The Hall–Kier alpha value is -2.65. The Morgan fingerprint density at radius 1 is 0.512 bits per heavy atom. The van der Waals surface area contributed by atoms with Gasteiger partial charge in [-0.25, -0.2) is 19.2 Å². The average Bonchev–Trinajstić information content (AvgIpc) is 3.33. The first kappa shape index (κ1) is 75.4. The smallest absolute Gasteiger partial charge is 0.339 e. The number of carboxylic acid groups (broad SMARTS) is 5. The fourth-order valence-electron chi connectivity index (χ4n) is 5.64. The van der Waals surface area contributed by atoms with Crippen molar-refractivity contribution in [1.29, 1.82) is 0 Å². The minimum Gasteiger partial charge on any atom is -0.872 e. The third-order valence-corrected chi connectivity index (χ3v) is 18.0. The molecule has 0 aliphatic carbocycles. The molecular weight excluding hydrogens is 1980 g/mol. The number of carboxylic acids is 5. The zero-order valence-corrected chi connectivity index (χ0v) is 59.2. The molecule has 0 aromatic heterocycles. The molecule has 29 heteroatoms. The van der Waals surface area contributed by atoms with Crippen molar-refractivity contribution in [3.63, 3.8) is 0 Å². The minimum atomic E-state index is -4.28. The molecular formula is C51H41F4I8O17-5. The van der Waals surface area contributed by atoms with Crippen molar-refractivity contribution >= 4 is 223 Å². The molecule has 80 heavy (non-hydrogen) atoms. The fourth-order valence-corrected chi connectivity index (χ4v) is 12.2. The number of aliphatic carboxylic acids is 2. The predicted molar refractivity (Wildman–Crippen MR) is 339 cm³/mol. The van der Waals surface area contributed by atoms with Gasteiger partial charge in [0.05, 0.1) is 28.2 Å². The van der Waals surface area contributed by atoms with Crippen LogP contribution in [0.1, 0.15) is 100 Å². The largest absolute Gasteiger partial charge is 0.872 e. The first-order chi connectivity index (χ1) is 36.6. The lowest BCUT2D eigenvalue weighted by Gasteiger charge is -2.30. The molecule has 0 bridgehead atoms. The first-order valence-corrected chi connectivity index (χ1v) is 30.5. The van der Waals surface area contributed by atoms with Crippen LogP contribution in [-0.2, 0) is 19.1 Å². The lowest BCUT2D eigenvalue weighted by atomic mass is 10.0. The summed E-state index contributed by atoms with van der Waals surface area (Å²) >= 11 is 15.9. The van der Waals surface area contributed by atoms with Crippen molar-refractivity contribution in [3.05, 3.63) is 141 Å². The van der Waals surface area contributed by atoms with Crippen LogP contribution in [0.4, 0.5) is 17.6 Å². The third kappa shape index (κ3) is 24.1. The Morgan fingerprint density at radius 3 is 1.25 bits per heavy atom. The number of aromatic carboxylic acids is 3. The second-order valence-electron chi connectivity index (χ2n) is 17.4. The molecule has 0 fully saturated rings. The van der Waals surface area contributed by atoms with Gasteiger partial charge in [0.15, 0.2) is 12.2 Å². The number of esters is 2. The number of alkyl halides is 4. The highest BCUT2D eigenvalue weighted by atomic mass is 127. The van der Waals surface area contributed by atoms with Crippen LogP contribution in [0.25, 0.3) is 0 Å². The number of hydrogen-bond acceptors (Lipinski definition) is 15. The minimum absolute atomic E-state index is 0.0102. The maximum absolute atomic E-state index is 13.7. The van der Waals surface area contributed by atoms with E-state index in [4.69, 9.17) is 24.4 Å². The number of rotatable bonds is 14. The van der Waals surface area contributed by atoms with Crippen molar-refractivity contribution in [2.24, 2.45) is 11.8 Å². The van der Waals surface area contributed by atoms with Crippen molar-refractivity contribution in [1.82, 2.24) is 0 Å². The monoisotopic (exact) mass is 2020 g/mol. The highest BCUT2D eigenvalue weighted by Gasteiger charge is 2.47. The molecule has 0 amide bonds. The Bertz CT molecular complexity index is 2980. The van der Waals surface area contributed by atoms with Gasteiger partial charge in [0.25, 0.3) is 0 Å². The first-order valence-electron chi connectivity index (χ1n) is 21.9. The molecule has 2 unspecified atom stereocenters. The number of carbonyl (C=O) groups excluding carboxylic acids is 5. The van der Waals surface area contributed by atoms with Crippen LogP contribution in [0, 0.1) is 40.4 Å². The van der Waals surface area contributed by atoms with Crippen LogP contribution in [0.15, 0.2) is 84.9 Å². The van der Waals surface area contributed by atoms with Gasteiger partial charge >= 0.3 is 35.7 Å². The zero-order valence-electron chi connectivity index (χ0n) is 41.9. The lowest BCUT2D eigenvalue weighted by molar-refractivity contribution is -0.338. The van der Waals surface area contributed by atoms with Gasteiger partial charge in [-0.1, -0.05) is 57.4 Å². The molecule has 17 nitrogen and oxygen atoms in total. The van der Waals surface area contributed by atoms with Gasteiger partial charge < -0.3 is 64.3 Å². The number of carbonyl (C=O) groups is 7. The van der Waals surface area contributed by atoms with Gasteiger partial charge in [-0.15, -0.1) is 0 Å². The van der Waals surface area contributed by atoms with Gasteiger partial charge in [-0.2, -0.15) is 17.6 Å². The summed E-state index contributed by atoms with van der Waals surface area (Å²) in [5.41, 5.74) is -0.366. The second-order valence-corrected chi connectivity index (χ2v) is 26.7. The number of hydrogen-bond donors (Lipinski definition) is 2. The van der Waals surface area contributed by atoms with E-state index in [-0.39, 0.29) is 27.8 Å². The molecule has 0 saturated heterocycles. The molecule has 0 heterocycles. The van der Waals surface area contributed by atoms with E-state index in [0.717, 1.165) is 21.4 Å². The van der Waals surface area contributed by atoms with Crippen LogP contribution in [-0.4, -0.2) is 81.7 Å². The normalized spacial score (nSPS) is 11.8. The summed E-state index contributed by atoms with van der Waals surface area (Å²) in [4.78, 5) is 76.7. The van der Waals surface area contributed by atoms with Gasteiger partial charge in [-0.3, -0.25) is 0 Å². The maximum Gasteiger partial charge on any atom is 0.339 e. The molecule has 5 aromatic rings. The van der Waals surface area contributed by atoms with Crippen LogP contribution in [0.3, 0.4) is 0 Å². The van der Waals surface area contributed by atoms with Crippen LogP contribution >= 0.6 is 181 Å². The van der Waals surface area contributed by atoms with Gasteiger partial charge in [0, 0.05) is 34.1 Å². The van der Waals surface area contributed by atoms with Crippen LogP contribution in [0.5, 0.6) is 17.2 Å². The quantitative estimate of drug-likeness (QED) is 0.0452. The van der Waals surface area contributed by atoms with E-state index in [2.05, 4.69) is 45.2 Å². The van der Waals surface area contributed by atoms with Crippen molar-refractivity contribution < 1.29 is 101 Å². The van der Waals surface area contributed by atoms with E-state index in [9.17, 15) is 76.7 Å². The molecule has 436 valence electrons. The summed E-state index contributed by atoms with van der Waals surface area (Å²) in [5.74, 6) is -21.3. The van der Waals surface area contributed by atoms with Crippen molar-refractivity contribution in [2.75, 3.05) is 0 Å². The lowest BCUT2D eigenvalue weighted by Crippen LogP contribution is -2.53. The van der Waals surface area contributed by atoms with Crippen molar-refractivity contribution in [2.45, 2.75) is 78.1 Å². The molecule has 2 N–H and O–H groups in total. The van der Waals surface area contributed by atoms with E-state index in [1.807, 2.05) is 168 Å². The van der Waals surface area contributed by atoms with Gasteiger partial charge in [-0.05, 0) is 280 Å². The highest BCUT2D eigenvalue weighted by Crippen LogP contribution is 2.32. The highest BCUT2D eigenvalue weighted by molar-refractivity contribution is 14.1. The fraction of sp³-hybridized carbons (Fsp3) is 0.275. The average molecular weight is 2020 g/mol. The predicted octanol–water partition coefficient (Wildman–Crippen LogP) is 9.49. The Labute approximate surface area is 564 Å². The Morgan fingerprint density at radius 2 is 0.887 bits per heavy atom. The number of ether oxygens (including phenoxy) is 3. The van der Waals surface area contributed by atoms with E-state index in [1.165, 1.54) is 88.4 Å². The molecule has 0 radical (unpaired) electrons. The number of benzene rings is 5. The zero-order chi connectivity index (χ0) is 62.1. The SMILES string of the molecule is CC(C)C(OC(=O)c1cc(I)cc(I)c1I)C(F)(F)C(=O)[O-].CC(C)C(OC(=O)c1ccc(OC(C)(C)C)cc1)C(F)(F)C(=O)[O-].O=C(O)c1cc(I)cc(I)c1[O-].O=C(O)c1ccccc1[O-].O=C([O-])c1cc(I)cc(I)c1I. The van der Waals surface area contributed by atoms with E-state index in [1.54, 1.807) is 12.1 Å². The molecule has 0 spiro atoms. The number of para-hydroxylation sites is 1. The van der Waals surface area contributed by atoms with Gasteiger partial charge in [0.1, 0.15) is 23.3 Å². The Balaban J connectivity index is 0.000000521. The number of halogens is 12. The van der Waals surface area contributed by atoms with E-state index >= 15 is 0 Å². The summed E-state index contributed by atoms with van der Waals surface area (Å²) < 4.78 is 75.5. The Kier molecular flexibility index (Phi) is 31.8. The molecule has 2 atom stereocenters. The summed E-state index contributed by atoms with van der Waals surface area (Å²) in [7, 11) is 0. The molecule has 5 aromatic carbocycles. The van der Waals surface area contributed by atoms with Crippen LogP contribution in [0.2, 0.25) is 0 Å². The van der Waals surface area contributed by atoms with Crippen molar-refractivity contribution in [3.8, 4) is 17.2 Å². The molecule has 0 aliphatic heterocycles. The van der Waals surface area contributed by atoms with Crippen LogP contribution < -0.4 is 30.3 Å². The summed E-state index contributed by atoms with van der Waals surface area (Å²) in [6.45, 7) is 10.9. The molecule has 0 saturated carbocycles. The van der Waals surface area contributed by atoms with Gasteiger partial charge in [0.2, 0.25) is 0 Å². The standard InChI is InChI=1S/C17H22F2O5.C13H11F2I3O4.C7H3I3O2.C7H4I2O3.C7H6O3/c1-10(2)13(17(18,19)15(21)22)23-14(20)11-6-8-12(9-7-11)24-16(3,4)5;1-5(2)10(13(14,15)12(20)21)22-11(19)7-3-6(16)4-8(17)9(7)18;2*8-3-1-4(7(11)12)6(10)5(9)2-3;8-6-4-2-1-3-5(6)7(9)10/h6-10,13H,1-5H3,(H,21,22);3-5,10H,1-2H3,(H,20,21);1-2H,(H,11,12);1-2,10H,(H,11,12);1-4,8H,(H,9,10)/p-5. The maximum atomic E-state index is 13.7. The van der Waals surface area contributed by atoms with E-state index < -0.39 is 94.8 Å².